The van der Waals surface area contributed by atoms with Gasteiger partial charge in [0.15, 0.2) is 0 Å². The average Bonchev–Trinajstić information content (AvgIpc) is 2.48. The fraction of sp³-hybridized carbons (Fsp3) is 1.00. The SMILES string of the molecule is CCCNCC1(CN(C)C2CCCN(C)C2)CCOCC1. The zero-order valence-electron chi connectivity index (χ0n) is 14.4. The molecular formula is C17H35N3O. The van der Waals surface area contributed by atoms with Crippen LogP contribution in [0.3, 0.4) is 0 Å². The van der Waals surface area contributed by atoms with E-state index in [0.29, 0.717) is 5.41 Å². The van der Waals surface area contributed by atoms with Crippen molar-refractivity contribution >= 4 is 0 Å². The largest absolute Gasteiger partial charge is 0.381 e. The van der Waals surface area contributed by atoms with Crippen molar-refractivity contribution in [2.24, 2.45) is 5.41 Å². The van der Waals surface area contributed by atoms with E-state index in [1.807, 2.05) is 0 Å². The van der Waals surface area contributed by atoms with Crippen LogP contribution >= 0.6 is 0 Å². The van der Waals surface area contributed by atoms with E-state index in [1.165, 1.54) is 51.7 Å². The van der Waals surface area contributed by atoms with Crippen LogP contribution < -0.4 is 5.32 Å². The summed E-state index contributed by atoms with van der Waals surface area (Å²) >= 11 is 0. The van der Waals surface area contributed by atoms with Crippen molar-refractivity contribution in [3.8, 4) is 0 Å². The smallest absolute Gasteiger partial charge is 0.0472 e. The molecule has 2 aliphatic rings. The normalized spacial score (nSPS) is 27.1. The van der Waals surface area contributed by atoms with Crippen LogP contribution in [0, 0.1) is 5.41 Å². The molecule has 2 heterocycles. The van der Waals surface area contributed by atoms with Gasteiger partial charge in [0.1, 0.15) is 0 Å². The van der Waals surface area contributed by atoms with Gasteiger partial charge in [-0.15, -0.1) is 0 Å². The predicted octanol–water partition coefficient (Wildman–Crippen LogP) is 1.81. The molecule has 124 valence electrons. The highest BCUT2D eigenvalue weighted by molar-refractivity contribution is 4.89. The summed E-state index contributed by atoms with van der Waals surface area (Å²) in [7, 11) is 4.59. The molecule has 0 radical (unpaired) electrons. The minimum Gasteiger partial charge on any atom is -0.381 e. The van der Waals surface area contributed by atoms with Crippen LogP contribution in [0.25, 0.3) is 0 Å². The number of nitrogens with one attached hydrogen (secondary N) is 1. The van der Waals surface area contributed by atoms with Gasteiger partial charge < -0.3 is 19.9 Å². The highest BCUT2D eigenvalue weighted by atomic mass is 16.5. The molecule has 2 rings (SSSR count). The van der Waals surface area contributed by atoms with E-state index in [9.17, 15) is 0 Å². The van der Waals surface area contributed by atoms with Gasteiger partial charge in [0, 0.05) is 38.9 Å². The predicted molar refractivity (Wildman–Crippen MR) is 88.8 cm³/mol. The Labute approximate surface area is 131 Å². The van der Waals surface area contributed by atoms with Crippen molar-refractivity contribution in [3.63, 3.8) is 0 Å². The van der Waals surface area contributed by atoms with Crippen LogP contribution in [0.5, 0.6) is 0 Å². The van der Waals surface area contributed by atoms with Crippen molar-refractivity contribution in [1.29, 1.82) is 0 Å². The molecule has 21 heavy (non-hydrogen) atoms. The van der Waals surface area contributed by atoms with Gasteiger partial charge in [-0.05, 0) is 64.7 Å². The Kier molecular flexibility index (Phi) is 6.93. The molecule has 0 saturated carbocycles. The molecule has 0 bridgehead atoms. The number of hydrogen-bond donors (Lipinski definition) is 1. The van der Waals surface area contributed by atoms with E-state index in [-0.39, 0.29) is 0 Å². The molecule has 4 nitrogen and oxygen atoms in total. The monoisotopic (exact) mass is 297 g/mol. The molecule has 1 unspecified atom stereocenters. The third kappa shape index (κ3) is 5.20. The van der Waals surface area contributed by atoms with Crippen LogP contribution in [0.1, 0.15) is 39.0 Å². The summed E-state index contributed by atoms with van der Waals surface area (Å²) in [6, 6.07) is 0.731. The van der Waals surface area contributed by atoms with Crippen LogP contribution in [-0.2, 0) is 4.74 Å². The Bertz CT molecular complexity index is 292. The summed E-state index contributed by atoms with van der Waals surface area (Å²) in [5.41, 5.74) is 0.415. The van der Waals surface area contributed by atoms with Gasteiger partial charge >= 0.3 is 0 Å². The van der Waals surface area contributed by atoms with Gasteiger partial charge in [-0.3, -0.25) is 0 Å². The second-order valence-corrected chi connectivity index (χ2v) is 7.26. The third-order valence-corrected chi connectivity index (χ3v) is 5.29. The summed E-state index contributed by atoms with van der Waals surface area (Å²) in [6.45, 7) is 10.1. The van der Waals surface area contributed by atoms with Crippen molar-refractivity contribution in [2.75, 3.05) is 60.0 Å². The Hall–Kier alpha value is -0.160. The van der Waals surface area contributed by atoms with E-state index >= 15 is 0 Å². The summed E-state index contributed by atoms with van der Waals surface area (Å²) < 4.78 is 5.62. The van der Waals surface area contributed by atoms with Crippen LogP contribution in [0.4, 0.5) is 0 Å². The lowest BCUT2D eigenvalue weighted by Crippen LogP contribution is -2.52. The van der Waals surface area contributed by atoms with Crippen LogP contribution in [0.2, 0.25) is 0 Å². The number of likely N-dealkylation sites (N-methyl/N-ethyl adjacent to an activating group) is 2. The number of ether oxygens (including phenoxy) is 1. The van der Waals surface area contributed by atoms with E-state index in [1.54, 1.807) is 0 Å². The molecular weight excluding hydrogens is 262 g/mol. The van der Waals surface area contributed by atoms with Crippen molar-refractivity contribution in [3.05, 3.63) is 0 Å². The number of rotatable bonds is 7. The second-order valence-electron chi connectivity index (χ2n) is 7.26. The van der Waals surface area contributed by atoms with E-state index in [4.69, 9.17) is 4.74 Å². The topological polar surface area (TPSA) is 27.7 Å². The molecule has 0 aromatic carbocycles. The Morgan fingerprint density at radius 2 is 2.10 bits per heavy atom. The van der Waals surface area contributed by atoms with Crippen LogP contribution in [0.15, 0.2) is 0 Å². The van der Waals surface area contributed by atoms with Crippen LogP contribution in [-0.4, -0.2) is 75.9 Å². The number of hydrogen-bond acceptors (Lipinski definition) is 4. The third-order valence-electron chi connectivity index (χ3n) is 5.29. The maximum absolute atomic E-state index is 5.62. The Balaban J connectivity index is 1.90. The highest BCUT2D eigenvalue weighted by Crippen LogP contribution is 2.32. The molecule has 0 spiro atoms. The van der Waals surface area contributed by atoms with E-state index in [2.05, 4.69) is 36.1 Å². The maximum atomic E-state index is 5.62. The summed E-state index contributed by atoms with van der Waals surface area (Å²) in [5.74, 6) is 0. The first-order valence-corrected chi connectivity index (χ1v) is 8.82. The summed E-state index contributed by atoms with van der Waals surface area (Å²) in [6.07, 6.45) is 6.33. The minimum absolute atomic E-state index is 0.415. The van der Waals surface area contributed by atoms with Gasteiger partial charge in [0.05, 0.1) is 0 Å². The molecule has 1 N–H and O–H groups in total. The highest BCUT2D eigenvalue weighted by Gasteiger charge is 2.35. The molecule has 2 saturated heterocycles. The van der Waals surface area contributed by atoms with E-state index in [0.717, 1.165) is 32.3 Å². The first-order valence-electron chi connectivity index (χ1n) is 8.82. The zero-order valence-corrected chi connectivity index (χ0v) is 14.4. The quantitative estimate of drug-likeness (QED) is 0.725. The Morgan fingerprint density at radius 1 is 1.33 bits per heavy atom. The molecule has 2 fully saturated rings. The molecule has 2 aliphatic heterocycles. The van der Waals surface area contributed by atoms with Crippen molar-refractivity contribution in [2.45, 2.75) is 45.1 Å². The lowest BCUT2D eigenvalue weighted by atomic mass is 9.79. The summed E-state index contributed by atoms with van der Waals surface area (Å²) in [4.78, 5) is 5.12. The lowest BCUT2D eigenvalue weighted by Gasteiger charge is -2.44. The first kappa shape index (κ1) is 17.2. The van der Waals surface area contributed by atoms with Gasteiger partial charge in [-0.25, -0.2) is 0 Å². The van der Waals surface area contributed by atoms with Gasteiger partial charge in [0.25, 0.3) is 0 Å². The number of piperidine rings is 1. The number of nitrogens with zero attached hydrogens (tertiary/aromatic N) is 2. The second kappa shape index (κ2) is 8.47. The fourth-order valence-corrected chi connectivity index (χ4v) is 3.88. The molecule has 0 amide bonds. The maximum Gasteiger partial charge on any atom is 0.0472 e. The van der Waals surface area contributed by atoms with Gasteiger partial charge in [-0.1, -0.05) is 6.92 Å². The molecule has 0 aliphatic carbocycles. The molecule has 0 aromatic heterocycles. The van der Waals surface area contributed by atoms with Crippen molar-refractivity contribution < 1.29 is 4.74 Å². The average molecular weight is 297 g/mol. The van der Waals surface area contributed by atoms with Gasteiger partial charge in [-0.2, -0.15) is 0 Å². The number of likely N-dealkylation sites (tertiary alicyclic amines) is 1. The summed E-state index contributed by atoms with van der Waals surface area (Å²) in [5, 5.41) is 3.67. The lowest BCUT2D eigenvalue weighted by molar-refractivity contribution is -0.0119. The molecule has 4 heteroatoms. The first-order chi connectivity index (χ1) is 10.2. The minimum atomic E-state index is 0.415. The standard InChI is InChI=1S/C17H35N3O/c1-4-9-18-14-17(7-11-21-12-8-17)15-20(3)16-6-5-10-19(2)13-16/h16,18H,4-15H2,1-3H3. The molecule has 1 atom stereocenters. The fourth-order valence-electron chi connectivity index (χ4n) is 3.88. The Morgan fingerprint density at radius 3 is 2.76 bits per heavy atom. The zero-order chi connectivity index (χ0) is 15.1. The van der Waals surface area contributed by atoms with Gasteiger partial charge in [0.2, 0.25) is 0 Å². The van der Waals surface area contributed by atoms with E-state index < -0.39 is 0 Å². The molecule has 0 aromatic rings. The van der Waals surface area contributed by atoms with Crippen molar-refractivity contribution in [1.82, 2.24) is 15.1 Å².